The first kappa shape index (κ1) is 10.4. The second kappa shape index (κ2) is 4.19. The normalized spacial score (nSPS) is 20.1. The third-order valence-corrected chi connectivity index (χ3v) is 3.50. The first-order valence-electron chi connectivity index (χ1n) is 5.56. The summed E-state index contributed by atoms with van der Waals surface area (Å²) in [5, 5.41) is 3.30. The molecular weight excluding hydrogens is 190 g/mol. The Kier molecular flexibility index (Phi) is 2.91. The average molecular weight is 207 g/mol. The predicted octanol–water partition coefficient (Wildman–Crippen LogP) is 2.24. The van der Waals surface area contributed by atoms with E-state index in [4.69, 9.17) is 4.42 Å². The monoisotopic (exact) mass is 207 g/mol. The lowest BCUT2D eigenvalue weighted by Gasteiger charge is -2.35. The third kappa shape index (κ3) is 1.84. The molecule has 0 aliphatic carbocycles. The standard InChI is InChI=1S/C12H17NO2/c1-2-12(4-6-13-7-5-12)11(14)10-3-8-15-9-10/h3,8-9,13H,2,4-7H2,1H3. The Hall–Kier alpha value is -1.09. The fourth-order valence-corrected chi connectivity index (χ4v) is 2.35. The molecule has 2 heterocycles. The molecule has 0 unspecified atom stereocenters. The number of hydrogen-bond donors (Lipinski definition) is 1. The zero-order valence-corrected chi connectivity index (χ0v) is 9.08. The molecule has 0 amide bonds. The van der Waals surface area contributed by atoms with Gasteiger partial charge in [0, 0.05) is 5.41 Å². The summed E-state index contributed by atoms with van der Waals surface area (Å²) in [6.07, 6.45) is 5.92. The molecule has 0 aromatic carbocycles. The average Bonchev–Trinajstić information content (AvgIpc) is 2.82. The highest BCUT2D eigenvalue weighted by Gasteiger charge is 2.38. The Morgan fingerprint density at radius 2 is 2.27 bits per heavy atom. The van der Waals surface area contributed by atoms with Gasteiger partial charge < -0.3 is 9.73 Å². The second-order valence-electron chi connectivity index (χ2n) is 4.23. The number of carbonyl (C=O) groups excluding carboxylic acids is 1. The van der Waals surface area contributed by atoms with Gasteiger partial charge >= 0.3 is 0 Å². The van der Waals surface area contributed by atoms with Crippen molar-refractivity contribution in [2.75, 3.05) is 13.1 Å². The third-order valence-electron chi connectivity index (χ3n) is 3.50. The summed E-state index contributed by atoms with van der Waals surface area (Å²) in [6.45, 7) is 3.98. The van der Waals surface area contributed by atoms with Gasteiger partial charge in [-0.1, -0.05) is 6.92 Å². The lowest BCUT2D eigenvalue weighted by atomic mass is 9.72. The SMILES string of the molecule is CCC1(C(=O)c2ccoc2)CCNCC1. The minimum Gasteiger partial charge on any atom is -0.472 e. The molecule has 3 heteroatoms. The van der Waals surface area contributed by atoms with E-state index in [1.54, 1.807) is 18.6 Å². The van der Waals surface area contributed by atoms with Crippen LogP contribution in [0.3, 0.4) is 0 Å². The molecular formula is C12H17NO2. The van der Waals surface area contributed by atoms with Crippen LogP contribution in [-0.4, -0.2) is 18.9 Å². The molecule has 1 aliphatic rings. The smallest absolute Gasteiger partial charge is 0.172 e. The Bertz CT molecular complexity index is 323. The van der Waals surface area contributed by atoms with E-state index in [2.05, 4.69) is 12.2 Å². The van der Waals surface area contributed by atoms with Crippen LogP contribution in [0.15, 0.2) is 23.0 Å². The van der Waals surface area contributed by atoms with Gasteiger partial charge in [0.1, 0.15) is 6.26 Å². The highest BCUT2D eigenvalue weighted by Crippen LogP contribution is 2.36. The molecule has 1 aliphatic heterocycles. The molecule has 0 saturated carbocycles. The van der Waals surface area contributed by atoms with Crippen LogP contribution in [0.25, 0.3) is 0 Å². The number of ketones is 1. The number of piperidine rings is 1. The first-order valence-corrected chi connectivity index (χ1v) is 5.56. The number of carbonyl (C=O) groups is 1. The first-order chi connectivity index (χ1) is 7.28. The van der Waals surface area contributed by atoms with Crippen molar-refractivity contribution >= 4 is 5.78 Å². The van der Waals surface area contributed by atoms with Crippen LogP contribution < -0.4 is 5.32 Å². The molecule has 15 heavy (non-hydrogen) atoms. The maximum absolute atomic E-state index is 12.3. The molecule has 1 aromatic rings. The van der Waals surface area contributed by atoms with Gasteiger partial charge in [0.05, 0.1) is 11.8 Å². The van der Waals surface area contributed by atoms with Crippen molar-refractivity contribution in [3.05, 3.63) is 24.2 Å². The Morgan fingerprint density at radius 3 is 2.80 bits per heavy atom. The van der Waals surface area contributed by atoms with Crippen molar-refractivity contribution in [2.24, 2.45) is 5.41 Å². The minimum atomic E-state index is -0.158. The van der Waals surface area contributed by atoms with Crippen molar-refractivity contribution in [1.82, 2.24) is 5.32 Å². The topological polar surface area (TPSA) is 42.2 Å². The molecule has 1 aromatic heterocycles. The molecule has 1 N–H and O–H groups in total. The zero-order valence-electron chi connectivity index (χ0n) is 9.08. The van der Waals surface area contributed by atoms with Crippen molar-refractivity contribution in [1.29, 1.82) is 0 Å². The van der Waals surface area contributed by atoms with Crippen molar-refractivity contribution in [2.45, 2.75) is 26.2 Å². The summed E-state index contributed by atoms with van der Waals surface area (Å²) < 4.78 is 4.98. The van der Waals surface area contributed by atoms with Gasteiger partial charge in [0.25, 0.3) is 0 Å². The molecule has 1 saturated heterocycles. The van der Waals surface area contributed by atoms with E-state index < -0.39 is 0 Å². The Morgan fingerprint density at radius 1 is 1.53 bits per heavy atom. The zero-order chi connectivity index (χ0) is 10.7. The van der Waals surface area contributed by atoms with E-state index in [1.165, 1.54) is 0 Å². The quantitative estimate of drug-likeness (QED) is 0.773. The van der Waals surface area contributed by atoms with Gasteiger partial charge in [-0.3, -0.25) is 4.79 Å². The number of nitrogens with one attached hydrogen (secondary N) is 1. The van der Waals surface area contributed by atoms with Crippen LogP contribution >= 0.6 is 0 Å². The molecule has 2 rings (SSSR count). The van der Waals surface area contributed by atoms with Gasteiger partial charge in [0.2, 0.25) is 0 Å². The highest BCUT2D eigenvalue weighted by molar-refractivity contribution is 6.00. The lowest BCUT2D eigenvalue weighted by Crippen LogP contribution is -2.41. The molecule has 0 atom stereocenters. The van der Waals surface area contributed by atoms with Crippen molar-refractivity contribution in [3.63, 3.8) is 0 Å². The molecule has 3 nitrogen and oxygen atoms in total. The summed E-state index contributed by atoms with van der Waals surface area (Å²) in [5.41, 5.74) is 0.563. The Labute approximate surface area is 89.9 Å². The number of rotatable bonds is 3. The van der Waals surface area contributed by atoms with Crippen LogP contribution in [0, 0.1) is 5.41 Å². The van der Waals surface area contributed by atoms with E-state index in [1.807, 2.05) is 0 Å². The largest absolute Gasteiger partial charge is 0.472 e. The van der Waals surface area contributed by atoms with Gasteiger partial charge in [-0.25, -0.2) is 0 Å². The fourth-order valence-electron chi connectivity index (χ4n) is 2.35. The van der Waals surface area contributed by atoms with Crippen molar-refractivity contribution < 1.29 is 9.21 Å². The van der Waals surface area contributed by atoms with E-state index in [-0.39, 0.29) is 11.2 Å². The van der Waals surface area contributed by atoms with Crippen LogP contribution in [0.5, 0.6) is 0 Å². The van der Waals surface area contributed by atoms with Crippen LogP contribution in [0.4, 0.5) is 0 Å². The molecule has 0 radical (unpaired) electrons. The molecule has 82 valence electrons. The summed E-state index contributed by atoms with van der Waals surface area (Å²) in [6, 6.07) is 1.77. The van der Waals surface area contributed by atoms with E-state index >= 15 is 0 Å². The minimum absolute atomic E-state index is 0.158. The summed E-state index contributed by atoms with van der Waals surface area (Å²) in [5.74, 6) is 0.250. The van der Waals surface area contributed by atoms with Crippen LogP contribution in [0.1, 0.15) is 36.5 Å². The van der Waals surface area contributed by atoms with Crippen LogP contribution in [0.2, 0.25) is 0 Å². The van der Waals surface area contributed by atoms with Gasteiger partial charge in [-0.15, -0.1) is 0 Å². The molecule has 1 fully saturated rings. The maximum Gasteiger partial charge on any atom is 0.172 e. The van der Waals surface area contributed by atoms with Gasteiger partial charge in [-0.2, -0.15) is 0 Å². The van der Waals surface area contributed by atoms with E-state index in [0.717, 1.165) is 37.9 Å². The lowest BCUT2D eigenvalue weighted by molar-refractivity contribution is 0.0717. The number of Topliss-reactive ketones (excluding diaryl/α,β-unsaturated/α-hetero) is 1. The molecule has 0 spiro atoms. The van der Waals surface area contributed by atoms with Gasteiger partial charge in [0.15, 0.2) is 5.78 Å². The summed E-state index contributed by atoms with van der Waals surface area (Å²) >= 11 is 0. The number of hydrogen-bond acceptors (Lipinski definition) is 3. The molecule has 0 bridgehead atoms. The predicted molar refractivity (Wildman–Crippen MR) is 57.9 cm³/mol. The van der Waals surface area contributed by atoms with Crippen LogP contribution in [-0.2, 0) is 0 Å². The van der Waals surface area contributed by atoms with E-state index in [9.17, 15) is 4.79 Å². The summed E-state index contributed by atoms with van der Waals surface area (Å²) in [4.78, 5) is 12.3. The van der Waals surface area contributed by atoms with Crippen molar-refractivity contribution in [3.8, 4) is 0 Å². The van der Waals surface area contributed by atoms with Gasteiger partial charge in [-0.05, 0) is 38.4 Å². The number of furan rings is 1. The maximum atomic E-state index is 12.3. The highest BCUT2D eigenvalue weighted by atomic mass is 16.3. The summed E-state index contributed by atoms with van der Waals surface area (Å²) in [7, 11) is 0. The second-order valence-corrected chi connectivity index (χ2v) is 4.23. The Balaban J connectivity index is 2.22. The fraction of sp³-hybridized carbons (Fsp3) is 0.583. The van der Waals surface area contributed by atoms with E-state index in [0.29, 0.717) is 0 Å².